The van der Waals surface area contributed by atoms with Crippen LogP contribution < -0.4 is 0 Å². The van der Waals surface area contributed by atoms with Gasteiger partial charge in [-0.1, -0.05) is 0 Å². The molecule has 1 heterocycles. The van der Waals surface area contributed by atoms with Gasteiger partial charge >= 0.3 is 56.5 Å². The van der Waals surface area contributed by atoms with Crippen LogP contribution in [-0.4, -0.2) is 42.3 Å². The van der Waals surface area contributed by atoms with E-state index in [4.69, 9.17) is 14.2 Å². The van der Waals surface area contributed by atoms with Crippen molar-refractivity contribution in [3.8, 4) is 0 Å². The monoisotopic (exact) mass is 300 g/mol. The summed E-state index contributed by atoms with van der Waals surface area (Å²) in [6, 6.07) is 0. The molecule has 0 aromatic rings. The molecule has 42 valence electrons. The Bertz CT molecular complexity index is 52.1. The molecular weight excluding hydrogens is 293 g/mol. The third kappa shape index (κ3) is 2.00. The van der Waals surface area contributed by atoms with Crippen molar-refractivity contribution in [3.63, 3.8) is 0 Å². The molecule has 0 radical (unpaired) electrons. The van der Waals surface area contributed by atoms with Crippen LogP contribution in [0.3, 0.4) is 0 Å². The molecule has 0 bridgehead atoms. The van der Waals surface area contributed by atoms with Gasteiger partial charge in [0.2, 0.25) is 0 Å². The standard InChI is InChI=1S/C3H5O3.Bi.2H/c1-4-2-6-3-5-1;;;/h1H,2-3H2;;;. The summed E-state index contributed by atoms with van der Waals surface area (Å²) in [5.74, 6) is 0. The Morgan fingerprint density at radius 2 is 1.86 bits per heavy atom. The van der Waals surface area contributed by atoms with E-state index in [0.717, 1.165) is 24.7 Å². The fourth-order valence-corrected chi connectivity index (χ4v) is 0.923. The molecule has 0 spiro atoms. The minimum absolute atomic E-state index is 0.0775. The van der Waals surface area contributed by atoms with Crippen molar-refractivity contribution in [2.75, 3.05) is 13.6 Å². The van der Waals surface area contributed by atoms with Crippen LogP contribution in [0.1, 0.15) is 0 Å². The zero-order chi connectivity index (χ0) is 5.11. The first-order valence-electron chi connectivity index (χ1n) is 1.96. The Labute approximate surface area is 56.8 Å². The molecule has 4 heteroatoms. The van der Waals surface area contributed by atoms with E-state index in [0.29, 0.717) is 13.6 Å². The SMILES string of the molecule is [BiH2][CH]1OCOCO1. The summed E-state index contributed by atoms with van der Waals surface area (Å²) in [6.45, 7) is 0.808. The maximum atomic E-state index is 4.91. The molecule has 1 aliphatic heterocycles. The van der Waals surface area contributed by atoms with Crippen molar-refractivity contribution in [3.05, 3.63) is 0 Å². The molecule has 3 nitrogen and oxygen atoms in total. The van der Waals surface area contributed by atoms with Crippen molar-refractivity contribution < 1.29 is 14.2 Å². The van der Waals surface area contributed by atoms with Crippen molar-refractivity contribution in [2.45, 2.75) is 4.00 Å². The van der Waals surface area contributed by atoms with E-state index < -0.39 is 0 Å². The van der Waals surface area contributed by atoms with Gasteiger partial charge in [0.25, 0.3) is 0 Å². The fraction of sp³-hybridized carbons (Fsp3) is 1.00. The fourth-order valence-electron chi connectivity index (χ4n) is 0.312. The minimum atomic E-state index is 0.0775. The molecule has 7 heavy (non-hydrogen) atoms. The zero-order valence-corrected chi connectivity index (χ0v) is 8.28. The maximum absolute atomic E-state index is 4.91. The summed E-state index contributed by atoms with van der Waals surface area (Å²) >= 11 is 0.744. The number of rotatable bonds is 0. The Morgan fingerprint density at radius 1 is 1.29 bits per heavy atom. The van der Waals surface area contributed by atoms with Crippen molar-refractivity contribution in [2.24, 2.45) is 0 Å². The molecule has 1 rings (SSSR count). The Balaban J connectivity index is 2.12. The summed E-state index contributed by atoms with van der Waals surface area (Å²) in [5, 5.41) is 0. The van der Waals surface area contributed by atoms with Gasteiger partial charge in [0.15, 0.2) is 0 Å². The van der Waals surface area contributed by atoms with Crippen LogP contribution in [0, 0.1) is 0 Å². The van der Waals surface area contributed by atoms with Gasteiger partial charge in [-0.3, -0.25) is 0 Å². The summed E-state index contributed by atoms with van der Waals surface area (Å²) < 4.78 is 14.6. The van der Waals surface area contributed by atoms with Gasteiger partial charge in [-0.15, -0.1) is 0 Å². The van der Waals surface area contributed by atoms with E-state index in [-0.39, 0.29) is 4.00 Å². The molecule has 0 aromatic carbocycles. The van der Waals surface area contributed by atoms with Crippen LogP contribution in [0.2, 0.25) is 0 Å². The third-order valence-electron chi connectivity index (χ3n) is 0.631. The van der Waals surface area contributed by atoms with E-state index in [1.807, 2.05) is 0 Å². The quantitative estimate of drug-likeness (QED) is 0.531. The number of hydrogen-bond acceptors (Lipinski definition) is 3. The third-order valence-corrected chi connectivity index (χ3v) is 2.13. The first-order valence-corrected chi connectivity index (χ1v) is 4.55. The molecule has 0 amide bonds. The first kappa shape index (κ1) is 5.89. The normalized spacial score (nSPS) is 25.3. The molecular formula is C3H7BiO3. The van der Waals surface area contributed by atoms with E-state index in [9.17, 15) is 0 Å². The number of ether oxygens (including phenoxy) is 3. The number of hydrogen-bond donors (Lipinski definition) is 0. The van der Waals surface area contributed by atoms with Crippen LogP contribution in [0.25, 0.3) is 0 Å². The molecule has 0 N–H and O–H groups in total. The van der Waals surface area contributed by atoms with Gasteiger partial charge in [0, 0.05) is 0 Å². The molecule has 0 atom stereocenters. The van der Waals surface area contributed by atoms with Gasteiger partial charge in [-0.05, 0) is 0 Å². The van der Waals surface area contributed by atoms with Crippen LogP contribution in [0.5, 0.6) is 0 Å². The summed E-state index contributed by atoms with van der Waals surface area (Å²) in [7, 11) is 0. The predicted octanol–water partition coefficient (Wildman–Crippen LogP) is -1.12. The average Bonchev–Trinajstić information content (AvgIpc) is 1.69. The average molecular weight is 300 g/mol. The summed E-state index contributed by atoms with van der Waals surface area (Å²) in [4.78, 5) is 0. The van der Waals surface area contributed by atoms with Crippen LogP contribution >= 0.6 is 0 Å². The predicted molar refractivity (Wildman–Crippen MR) is 25.3 cm³/mol. The second-order valence-electron chi connectivity index (χ2n) is 1.14. The van der Waals surface area contributed by atoms with Crippen molar-refractivity contribution >= 4 is 24.7 Å². The second kappa shape index (κ2) is 2.93. The van der Waals surface area contributed by atoms with E-state index in [1.165, 1.54) is 0 Å². The van der Waals surface area contributed by atoms with Crippen LogP contribution in [0.15, 0.2) is 0 Å². The molecule has 1 aliphatic rings. The van der Waals surface area contributed by atoms with Gasteiger partial charge < -0.3 is 0 Å². The van der Waals surface area contributed by atoms with Gasteiger partial charge in [-0.2, -0.15) is 0 Å². The second-order valence-corrected chi connectivity index (χ2v) is 3.26. The molecule has 1 fully saturated rings. The van der Waals surface area contributed by atoms with Crippen molar-refractivity contribution in [1.82, 2.24) is 0 Å². The van der Waals surface area contributed by atoms with Crippen LogP contribution in [0.4, 0.5) is 0 Å². The Hall–Kier alpha value is 0.763. The van der Waals surface area contributed by atoms with E-state index in [1.54, 1.807) is 0 Å². The summed E-state index contributed by atoms with van der Waals surface area (Å²) in [5.41, 5.74) is 0. The molecule has 0 saturated carbocycles. The Morgan fingerprint density at radius 3 is 2.14 bits per heavy atom. The van der Waals surface area contributed by atoms with Crippen molar-refractivity contribution in [1.29, 1.82) is 0 Å². The summed E-state index contributed by atoms with van der Waals surface area (Å²) in [6.07, 6.45) is 0. The van der Waals surface area contributed by atoms with E-state index in [2.05, 4.69) is 0 Å². The molecule has 0 aromatic heterocycles. The Kier molecular flexibility index (Phi) is 2.46. The van der Waals surface area contributed by atoms with Gasteiger partial charge in [-0.25, -0.2) is 0 Å². The van der Waals surface area contributed by atoms with Gasteiger partial charge in [0.1, 0.15) is 0 Å². The zero-order valence-electron chi connectivity index (χ0n) is 3.79. The van der Waals surface area contributed by atoms with Crippen LogP contribution in [-0.2, 0) is 14.2 Å². The molecule has 0 unspecified atom stereocenters. The topological polar surface area (TPSA) is 27.7 Å². The first-order chi connectivity index (χ1) is 3.39. The van der Waals surface area contributed by atoms with E-state index >= 15 is 0 Å². The molecule has 1 saturated heterocycles. The van der Waals surface area contributed by atoms with Gasteiger partial charge in [0.05, 0.1) is 0 Å². The molecule has 0 aliphatic carbocycles.